The molecule has 0 unspecified atom stereocenters. The molecule has 2 aromatic rings. The number of rotatable bonds is 6. The number of methoxy groups -OCH3 is 2. The van der Waals surface area contributed by atoms with Gasteiger partial charge in [0.2, 0.25) is 17.6 Å². The van der Waals surface area contributed by atoms with Crippen LogP contribution in [0.2, 0.25) is 0 Å². The third-order valence-corrected chi connectivity index (χ3v) is 8.64. The second-order valence-electron chi connectivity index (χ2n) is 10.7. The highest BCUT2D eigenvalue weighted by Gasteiger charge is 2.46. The Bertz CT molecular complexity index is 1140. The first kappa shape index (κ1) is 23.5. The molecule has 1 aliphatic carbocycles. The van der Waals surface area contributed by atoms with Gasteiger partial charge < -0.3 is 18.9 Å². The Balaban J connectivity index is 1.13. The predicted molar refractivity (Wildman–Crippen MR) is 135 cm³/mol. The van der Waals surface area contributed by atoms with E-state index in [4.69, 9.17) is 14.0 Å². The van der Waals surface area contributed by atoms with Gasteiger partial charge in [-0.3, -0.25) is 9.69 Å². The molecule has 6 rings (SSSR count). The van der Waals surface area contributed by atoms with Crippen molar-refractivity contribution in [3.63, 3.8) is 0 Å². The first-order valence-corrected chi connectivity index (χ1v) is 13.4. The Morgan fingerprint density at radius 2 is 2.03 bits per heavy atom. The van der Waals surface area contributed by atoms with Gasteiger partial charge in [-0.1, -0.05) is 23.2 Å². The fourth-order valence-corrected chi connectivity index (χ4v) is 7.06. The standard InChI is InChI=1S/C28H36N4O4/c1-34-23-9-8-19(16-24(23)35-2)28-29-25(36-30-28)10-11-26(33)32-13-5-6-18-14-20-15-21(27(18)32)17-31-12-4-3-7-22(20)31/h8-9,14,16,20-22,27H,3-7,10-13,15,17H2,1-2H3/t20-,21-,22-,27+/m0/s1. The van der Waals surface area contributed by atoms with Crippen LogP contribution in [0.1, 0.15) is 50.8 Å². The second-order valence-corrected chi connectivity index (χ2v) is 10.7. The molecule has 2 bridgehead atoms. The Labute approximate surface area is 212 Å². The zero-order chi connectivity index (χ0) is 24.6. The lowest BCUT2D eigenvalue weighted by Gasteiger charge is -2.54. The van der Waals surface area contributed by atoms with E-state index in [1.807, 2.05) is 18.2 Å². The molecule has 0 radical (unpaired) electrons. The summed E-state index contributed by atoms with van der Waals surface area (Å²) in [5.74, 6) is 3.67. The quantitative estimate of drug-likeness (QED) is 0.562. The molecule has 8 nitrogen and oxygen atoms in total. The molecule has 3 saturated heterocycles. The van der Waals surface area contributed by atoms with Crippen LogP contribution in [0.5, 0.6) is 11.5 Å². The molecule has 4 atom stereocenters. The predicted octanol–water partition coefficient (Wildman–Crippen LogP) is 4.11. The summed E-state index contributed by atoms with van der Waals surface area (Å²) in [6.45, 7) is 3.22. The molecule has 1 aromatic heterocycles. The van der Waals surface area contributed by atoms with E-state index >= 15 is 0 Å². The number of amides is 1. The van der Waals surface area contributed by atoms with Gasteiger partial charge in [-0.25, -0.2) is 0 Å². The van der Waals surface area contributed by atoms with Crippen molar-refractivity contribution >= 4 is 5.91 Å². The Kier molecular flexibility index (Phi) is 6.46. The maximum Gasteiger partial charge on any atom is 0.227 e. The fourth-order valence-electron chi connectivity index (χ4n) is 7.06. The van der Waals surface area contributed by atoms with E-state index < -0.39 is 0 Å². The van der Waals surface area contributed by atoms with Crippen molar-refractivity contribution in [1.82, 2.24) is 19.9 Å². The number of benzene rings is 1. The number of likely N-dealkylation sites (tertiary alicyclic amines) is 1. The number of carbonyl (C=O) groups excluding carboxylic acids is 1. The minimum absolute atomic E-state index is 0.204. The van der Waals surface area contributed by atoms with Gasteiger partial charge in [-0.15, -0.1) is 0 Å². The lowest BCUT2D eigenvalue weighted by molar-refractivity contribution is -0.136. The molecule has 4 heterocycles. The molecular formula is C28H36N4O4. The molecule has 36 heavy (non-hydrogen) atoms. The zero-order valence-corrected chi connectivity index (χ0v) is 21.3. The molecule has 1 aromatic carbocycles. The van der Waals surface area contributed by atoms with Crippen LogP contribution < -0.4 is 9.47 Å². The molecule has 0 spiro atoms. The molecule has 0 N–H and O–H groups in total. The molecule has 3 fully saturated rings. The van der Waals surface area contributed by atoms with E-state index in [0.717, 1.165) is 37.5 Å². The summed E-state index contributed by atoms with van der Waals surface area (Å²) in [5, 5.41) is 4.13. The number of nitrogens with zero attached hydrogens (tertiary/aromatic N) is 4. The number of piperidine rings is 3. The molecule has 3 aliphatic heterocycles. The van der Waals surface area contributed by atoms with Crippen LogP contribution in [0.4, 0.5) is 0 Å². The van der Waals surface area contributed by atoms with Gasteiger partial charge >= 0.3 is 0 Å². The highest BCUT2D eigenvalue weighted by molar-refractivity contribution is 5.77. The monoisotopic (exact) mass is 492 g/mol. The largest absolute Gasteiger partial charge is 0.493 e. The number of fused-ring (bicyclic) bond motifs is 6. The van der Waals surface area contributed by atoms with Crippen molar-refractivity contribution in [2.75, 3.05) is 33.9 Å². The Hall–Kier alpha value is -2.87. The second kappa shape index (κ2) is 9.88. The summed E-state index contributed by atoms with van der Waals surface area (Å²) in [4.78, 5) is 22.9. The van der Waals surface area contributed by atoms with E-state index in [1.54, 1.807) is 14.2 Å². The number of hydrogen-bond acceptors (Lipinski definition) is 7. The van der Waals surface area contributed by atoms with E-state index in [-0.39, 0.29) is 11.9 Å². The van der Waals surface area contributed by atoms with Gasteiger partial charge in [-0.2, -0.15) is 4.98 Å². The fraction of sp³-hybridized carbons (Fsp3) is 0.607. The number of aryl methyl sites for hydroxylation is 1. The van der Waals surface area contributed by atoms with Gasteiger partial charge in [0.15, 0.2) is 11.5 Å². The summed E-state index contributed by atoms with van der Waals surface area (Å²) in [6, 6.07) is 6.52. The van der Waals surface area contributed by atoms with Gasteiger partial charge in [0, 0.05) is 37.5 Å². The molecular weight excluding hydrogens is 456 g/mol. The van der Waals surface area contributed by atoms with Crippen molar-refractivity contribution in [3.05, 3.63) is 35.7 Å². The van der Waals surface area contributed by atoms with Gasteiger partial charge in [0.05, 0.1) is 20.3 Å². The molecule has 192 valence electrons. The Morgan fingerprint density at radius 3 is 2.89 bits per heavy atom. The SMILES string of the molecule is COc1ccc(-c2noc(CCC(=O)N3CCCC4=C[C@H]5C[C@@H](CN6CCCC[C@@H]56)[C@@H]43)n2)cc1OC. The zero-order valence-electron chi connectivity index (χ0n) is 21.3. The lowest BCUT2D eigenvalue weighted by Crippen LogP contribution is -2.60. The molecule has 8 heteroatoms. The summed E-state index contributed by atoms with van der Waals surface area (Å²) < 4.78 is 16.2. The van der Waals surface area contributed by atoms with Crippen molar-refractivity contribution in [2.45, 2.75) is 63.5 Å². The summed E-state index contributed by atoms with van der Waals surface area (Å²) in [6.07, 6.45) is 10.9. The number of carbonyl (C=O) groups is 1. The summed E-state index contributed by atoms with van der Waals surface area (Å²) >= 11 is 0. The maximum atomic E-state index is 13.5. The third kappa shape index (κ3) is 4.29. The minimum Gasteiger partial charge on any atom is -0.493 e. The summed E-state index contributed by atoms with van der Waals surface area (Å²) in [7, 11) is 3.20. The summed E-state index contributed by atoms with van der Waals surface area (Å²) in [5.41, 5.74) is 2.31. The first-order chi connectivity index (χ1) is 17.6. The van der Waals surface area contributed by atoms with Crippen LogP contribution in [-0.2, 0) is 11.2 Å². The third-order valence-electron chi connectivity index (χ3n) is 8.64. The van der Waals surface area contributed by atoms with Gasteiger partial charge in [-0.05, 0) is 68.7 Å². The smallest absolute Gasteiger partial charge is 0.227 e. The average molecular weight is 493 g/mol. The average Bonchev–Trinajstić information content (AvgIpc) is 3.40. The van der Waals surface area contributed by atoms with Crippen LogP contribution >= 0.6 is 0 Å². The van der Waals surface area contributed by atoms with Crippen LogP contribution in [0.15, 0.2) is 34.4 Å². The first-order valence-electron chi connectivity index (χ1n) is 13.4. The number of hydrogen-bond donors (Lipinski definition) is 0. The normalized spacial score (nSPS) is 27.6. The van der Waals surface area contributed by atoms with Crippen LogP contribution in [0, 0.1) is 11.8 Å². The van der Waals surface area contributed by atoms with Crippen molar-refractivity contribution in [1.29, 1.82) is 0 Å². The van der Waals surface area contributed by atoms with Crippen molar-refractivity contribution in [2.24, 2.45) is 11.8 Å². The van der Waals surface area contributed by atoms with Gasteiger partial charge in [0.25, 0.3) is 0 Å². The van der Waals surface area contributed by atoms with Crippen molar-refractivity contribution < 1.29 is 18.8 Å². The van der Waals surface area contributed by atoms with E-state index in [2.05, 4.69) is 26.0 Å². The Morgan fingerprint density at radius 1 is 1.14 bits per heavy atom. The highest BCUT2D eigenvalue weighted by atomic mass is 16.5. The van der Waals surface area contributed by atoms with Gasteiger partial charge in [0.1, 0.15) is 0 Å². The van der Waals surface area contributed by atoms with Crippen molar-refractivity contribution in [3.8, 4) is 22.9 Å². The maximum absolute atomic E-state index is 13.5. The van der Waals surface area contributed by atoms with Crippen LogP contribution in [0.25, 0.3) is 11.4 Å². The lowest BCUT2D eigenvalue weighted by atomic mass is 9.68. The van der Waals surface area contributed by atoms with E-state index in [9.17, 15) is 4.79 Å². The number of ether oxygens (including phenoxy) is 2. The van der Waals surface area contributed by atoms with E-state index in [0.29, 0.717) is 47.9 Å². The van der Waals surface area contributed by atoms with E-state index in [1.165, 1.54) is 37.8 Å². The van der Waals surface area contributed by atoms with Crippen LogP contribution in [-0.4, -0.2) is 71.8 Å². The highest BCUT2D eigenvalue weighted by Crippen LogP contribution is 2.45. The number of aromatic nitrogens is 2. The van der Waals surface area contributed by atoms with Crippen LogP contribution in [0.3, 0.4) is 0 Å². The molecule has 4 aliphatic rings. The molecule has 1 amide bonds. The topological polar surface area (TPSA) is 80.9 Å². The minimum atomic E-state index is 0.204. The molecule has 0 saturated carbocycles.